The zero-order valence-corrected chi connectivity index (χ0v) is 13.9. The Kier molecular flexibility index (Phi) is 4.11. The van der Waals surface area contributed by atoms with E-state index in [9.17, 15) is 0 Å². The Morgan fingerprint density at radius 3 is 2.86 bits per heavy atom. The van der Waals surface area contributed by atoms with E-state index in [1.165, 1.54) is 11.8 Å². The number of nitrogens with zero attached hydrogens (tertiary/aromatic N) is 3. The lowest BCUT2D eigenvalue weighted by Gasteiger charge is -2.27. The predicted octanol–water partition coefficient (Wildman–Crippen LogP) is 4.50. The van der Waals surface area contributed by atoms with Gasteiger partial charge < -0.3 is 4.90 Å². The van der Waals surface area contributed by atoms with E-state index in [0.29, 0.717) is 10.0 Å². The summed E-state index contributed by atoms with van der Waals surface area (Å²) in [6.45, 7) is 0.734. The molecule has 0 atom stereocenters. The zero-order chi connectivity index (χ0) is 15.0. The summed E-state index contributed by atoms with van der Waals surface area (Å²) in [6.07, 6.45) is 5.90. The predicted molar refractivity (Wildman–Crippen MR) is 91.4 cm³/mol. The van der Waals surface area contributed by atoms with Crippen LogP contribution in [0, 0.1) is 0 Å². The smallest absolute Gasteiger partial charge is 0.189 e. The monoisotopic (exact) mass is 337 g/mol. The molecule has 0 saturated carbocycles. The van der Waals surface area contributed by atoms with Gasteiger partial charge in [0, 0.05) is 35.4 Å². The van der Waals surface area contributed by atoms with Gasteiger partial charge in [0.15, 0.2) is 5.16 Å². The van der Waals surface area contributed by atoms with Crippen molar-refractivity contribution in [2.45, 2.75) is 5.16 Å². The summed E-state index contributed by atoms with van der Waals surface area (Å²) in [5, 5.41) is 2.15. The van der Waals surface area contributed by atoms with Gasteiger partial charge >= 0.3 is 0 Å². The van der Waals surface area contributed by atoms with Crippen LogP contribution in [0.25, 0.3) is 11.6 Å². The Morgan fingerprint density at radius 2 is 2.10 bits per heavy atom. The highest BCUT2D eigenvalue weighted by molar-refractivity contribution is 7.98. The Balaban J connectivity index is 2.09. The van der Waals surface area contributed by atoms with Gasteiger partial charge in [-0.15, -0.1) is 0 Å². The summed E-state index contributed by atoms with van der Waals surface area (Å²) in [6, 6.07) is 5.51. The van der Waals surface area contributed by atoms with Crippen molar-refractivity contribution in [2.75, 3.05) is 24.7 Å². The maximum atomic E-state index is 6.30. The lowest BCUT2D eigenvalue weighted by Crippen LogP contribution is -2.25. The van der Waals surface area contributed by atoms with Gasteiger partial charge in [0.2, 0.25) is 0 Å². The summed E-state index contributed by atoms with van der Waals surface area (Å²) in [4.78, 5) is 11.0. The van der Waals surface area contributed by atoms with Gasteiger partial charge in [0.25, 0.3) is 0 Å². The Labute approximate surface area is 138 Å². The van der Waals surface area contributed by atoms with Crippen molar-refractivity contribution in [2.24, 2.45) is 0 Å². The van der Waals surface area contributed by atoms with Gasteiger partial charge in [-0.25, -0.2) is 9.97 Å². The molecule has 1 aliphatic rings. The molecule has 1 aliphatic heterocycles. The third-order valence-corrected chi connectivity index (χ3v) is 4.46. The maximum absolute atomic E-state index is 6.30. The average molecular weight is 338 g/mol. The van der Waals surface area contributed by atoms with Gasteiger partial charge in [0.1, 0.15) is 5.82 Å². The van der Waals surface area contributed by atoms with E-state index in [0.717, 1.165) is 34.2 Å². The molecule has 3 nitrogen and oxygen atoms in total. The van der Waals surface area contributed by atoms with Crippen LogP contribution in [0.3, 0.4) is 0 Å². The second-order valence-electron chi connectivity index (χ2n) is 4.79. The first-order chi connectivity index (χ1) is 10.1. The molecular weight excluding hydrogens is 325 g/mol. The maximum Gasteiger partial charge on any atom is 0.189 e. The largest absolute Gasteiger partial charge is 0.355 e. The molecule has 2 heterocycles. The second-order valence-corrected chi connectivity index (χ2v) is 6.40. The summed E-state index contributed by atoms with van der Waals surface area (Å²) in [7, 11) is 2.02. The number of aromatic nitrogens is 2. The molecule has 6 heteroatoms. The molecule has 0 spiro atoms. The summed E-state index contributed by atoms with van der Waals surface area (Å²) in [5.41, 5.74) is 3.06. The fourth-order valence-electron chi connectivity index (χ4n) is 2.34. The van der Waals surface area contributed by atoms with Gasteiger partial charge in [-0.05, 0) is 41.7 Å². The van der Waals surface area contributed by atoms with Crippen LogP contribution < -0.4 is 4.90 Å². The van der Waals surface area contributed by atoms with Crippen LogP contribution >= 0.6 is 35.0 Å². The number of thioether (sulfide) groups is 1. The van der Waals surface area contributed by atoms with Crippen LogP contribution in [0.2, 0.25) is 10.0 Å². The summed E-state index contributed by atoms with van der Waals surface area (Å²) >= 11 is 13.9. The van der Waals surface area contributed by atoms with Crippen molar-refractivity contribution >= 4 is 52.4 Å². The molecule has 0 saturated heterocycles. The molecule has 1 aromatic carbocycles. The van der Waals surface area contributed by atoms with Crippen LogP contribution in [0.15, 0.2) is 29.6 Å². The van der Waals surface area contributed by atoms with Crippen molar-refractivity contribution in [1.82, 2.24) is 9.97 Å². The van der Waals surface area contributed by atoms with Crippen molar-refractivity contribution in [3.05, 3.63) is 45.6 Å². The van der Waals surface area contributed by atoms with Crippen molar-refractivity contribution < 1.29 is 0 Å². The molecule has 0 unspecified atom stereocenters. The van der Waals surface area contributed by atoms with Gasteiger partial charge in [-0.1, -0.05) is 35.0 Å². The molecule has 0 radical (unpaired) electrons. The number of halogens is 2. The van der Waals surface area contributed by atoms with E-state index < -0.39 is 0 Å². The van der Waals surface area contributed by atoms with Crippen LogP contribution in [-0.2, 0) is 0 Å². The van der Waals surface area contributed by atoms with E-state index in [1.807, 2.05) is 31.6 Å². The first kappa shape index (κ1) is 14.7. The fraction of sp³-hybridized carbons (Fsp3) is 0.200. The molecular formula is C15H13Cl2N3S. The lowest BCUT2D eigenvalue weighted by molar-refractivity contribution is 0.898. The van der Waals surface area contributed by atoms with E-state index >= 15 is 0 Å². The number of fused-ring (bicyclic) bond motifs is 1. The third kappa shape index (κ3) is 2.89. The van der Waals surface area contributed by atoms with E-state index in [2.05, 4.69) is 20.9 Å². The minimum absolute atomic E-state index is 0.678. The minimum Gasteiger partial charge on any atom is -0.355 e. The SMILES string of the molecule is CSc1ncc2c(n1)N(C)CC(c1cc(Cl)ccc1Cl)=C2. The zero-order valence-electron chi connectivity index (χ0n) is 11.6. The number of hydrogen-bond acceptors (Lipinski definition) is 4. The highest BCUT2D eigenvalue weighted by Gasteiger charge is 2.20. The minimum atomic E-state index is 0.678. The second kappa shape index (κ2) is 5.87. The van der Waals surface area contributed by atoms with E-state index in [4.69, 9.17) is 23.2 Å². The first-order valence-corrected chi connectivity index (χ1v) is 8.34. The molecule has 21 heavy (non-hydrogen) atoms. The lowest BCUT2D eigenvalue weighted by atomic mass is 10.00. The molecule has 0 fully saturated rings. The molecule has 108 valence electrons. The molecule has 3 rings (SSSR count). The highest BCUT2D eigenvalue weighted by atomic mass is 35.5. The normalized spacial score (nSPS) is 13.9. The van der Waals surface area contributed by atoms with E-state index in [-0.39, 0.29) is 0 Å². The van der Waals surface area contributed by atoms with E-state index in [1.54, 1.807) is 6.07 Å². The van der Waals surface area contributed by atoms with Gasteiger partial charge in [0.05, 0.1) is 0 Å². The number of rotatable bonds is 2. The van der Waals surface area contributed by atoms with Crippen molar-refractivity contribution in [3.63, 3.8) is 0 Å². The first-order valence-electron chi connectivity index (χ1n) is 6.36. The summed E-state index contributed by atoms with van der Waals surface area (Å²) < 4.78 is 0. The number of benzene rings is 1. The molecule has 1 aromatic heterocycles. The average Bonchev–Trinajstić information content (AvgIpc) is 2.49. The van der Waals surface area contributed by atoms with Crippen LogP contribution in [0.5, 0.6) is 0 Å². The van der Waals surface area contributed by atoms with Crippen LogP contribution in [0.1, 0.15) is 11.1 Å². The Hall–Kier alpha value is -1.23. The van der Waals surface area contributed by atoms with Crippen LogP contribution in [-0.4, -0.2) is 29.8 Å². The molecule has 0 bridgehead atoms. The topological polar surface area (TPSA) is 29.0 Å². The third-order valence-electron chi connectivity index (χ3n) is 3.33. The standard InChI is InChI=1S/C15H13Cl2N3S/c1-20-8-10(12-6-11(16)3-4-13(12)17)5-9-7-18-15(21-2)19-14(9)20/h3-7H,8H2,1-2H3. The summed E-state index contributed by atoms with van der Waals surface area (Å²) in [5.74, 6) is 0.941. The van der Waals surface area contributed by atoms with Crippen LogP contribution in [0.4, 0.5) is 5.82 Å². The Bertz CT molecular complexity index is 731. The van der Waals surface area contributed by atoms with Gasteiger partial charge in [-0.3, -0.25) is 0 Å². The molecule has 0 aliphatic carbocycles. The molecule has 2 aromatic rings. The number of anilines is 1. The number of likely N-dealkylation sites (N-methyl/N-ethyl adjacent to an activating group) is 1. The van der Waals surface area contributed by atoms with Crippen molar-refractivity contribution in [3.8, 4) is 0 Å². The fourth-order valence-corrected chi connectivity index (χ4v) is 3.09. The molecule has 0 N–H and O–H groups in total. The van der Waals surface area contributed by atoms with Gasteiger partial charge in [-0.2, -0.15) is 0 Å². The Morgan fingerprint density at radius 1 is 1.29 bits per heavy atom. The number of hydrogen-bond donors (Lipinski definition) is 0. The quantitative estimate of drug-likeness (QED) is 0.596. The highest BCUT2D eigenvalue weighted by Crippen LogP contribution is 2.34. The van der Waals surface area contributed by atoms with Crippen molar-refractivity contribution in [1.29, 1.82) is 0 Å². The molecule has 0 amide bonds.